The summed E-state index contributed by atoms with van der Waals surface area (Å²) in [6.07, 6.45) is 3.32. The summed E-state index contributed by atoms with van der Waals surface area (Å²) < 4.78 is 11.7. The summed E-state index contributed by atoms with van der Waals surface area (Å²) in [6.45, 7) is 8.23. The highest BCUT2D eigenvalue weighted by molar-refractivity contribution is 5.45. The average Bonchev–Trinajstić information content (AvgIpc) is 2.47. The zero-order valence-electron chi connectivity index (χ0n) is 13.2. The van der Waals surface area contributed by atoms with Gasteiger partial charge in [-0.05, 0) is 45.2 Å². The molecule has 0 amide bonds. The van der Waals surface area contributed by atoms with Crippen LogP contribution in [-0.4, -0.2) is 25.9 Å². The fourth-order valence-corrected chi connectivity index (χ4v) is 2.78. The Kier molecular flexibility index (Phi) is 5.06. The van der Waals surface area contributed by atoms with Crippen molar-refractivity contribution in [3.05, 3.63) is 29.3 Å². The average molecular weight is 277 g/mol. The summed E-state index contributed by atoms with van der Waals surface area (Å²) >= 11 is 0. The van der Waals surface area contributed by atoms with Gasteiger partial charge in [0.1, 0.15) is 5.75 Å². The van der Waals surface area contributed by atoms with Gasteiger partial charge in [-0.25, -0.2) is 0 Å². The molecule has 0 spiro atoms. The van der Waals surface area contributed by atoms with E-state index in [4.69, 9.17) is 9.47 Å². The molecule has 1 aromatic rings. The van der Waals surface area contributed by atoms with E-state index < -0.39 is 0 Å². The van der Waals surface area contributed by atoms with Gasteiger partial charge in [-0.15, -0.1) is 0 Å². The molecule has 3 heteroatoms. The first-order valence-corrected chi connectivity index (χ1v) is 7.63. The molecular formula is C17H27NO2. The third kappa shape index (κ3) is 3.15. The van der Waals surface area contributed by atoms with Crippen molar-refractivity contribution in [1.82, 2.24) is 5.32 Å². The third-order valence-corrected chi connectivity index (χ3v) is 4.09. The summed E-state index contributed by atoms with van der Waals surface area (Å²) in [6, 6.07) is 6.61. The summed E-state index contributed by atoms with van der Waals surface area (Å²) in [5.41, 5.74) is 2.27. The van der Waals surface area contributed by atoms with E-state index in [0.29, 0.717) is 0 Å². The standard InChI is InChI=1S/C17H27NO2/c1-5-11-18-16(17(2,3)19-4)14-10-6-8-13-9-7-12-20-15(13)14/h6,8,10,16,18H,5,7,9,11-12H2,1-4H3. The van der Waals surface area contributed by atoms with Crippen molar-refractivity contribution in [1.29, 1.82) is 0 Å². The van der Waals surface area contributed by atoms with Crippen LogP contribution in [0.1, 0.15) is 50.8 Å². The summed E-state index contributed by atoms with van der Waals surface area (Å²) in [5.74, 6) is 1.07. The maximum atomic E-state index is 5.96. The monoisotopic (exact) mass is 277 g/mol. The molecule has 1 N–H and O–H groups in total. The Morgan fingerprint density at radius 3 is 2.90 bits per heavy atom. The van der Waals surface area contributed by atoms with Gasteiger partial charge in [0.25, 0.3) is 0 Å². The molecule has 0 bridgehead atoms. The number of nitrogens with one attached hydrogen (secondary N) is 1. The lowest BCUT2D eigenvalue weighted by atomic mass is 9.88. The maximum Gasteiger partial charge on any atom is 0.127 e. The van der Waals surface area contributed by atoms with Gasteiger partial charge in [-0.2, -0.15) is 0 Å². The van der Waals surface area contributed by atoms with Gasteiger partial charge in [0, 0.05) is 12.7 Å². The predicted octanol–water partition coefficient (Wildman–Crippen LogP) is 3.48. The molecule has 0 radical (unpaired) electrons. The van der Waals surface area contributed by atoms with Crippen molar-refractivity contribution >= 4 is 0 Å². The van der Waals surface area contributed by atoms with Gasteiger partial charge in [0.15, 0.2) is 0 Å². The second-order valence-electron chi connectivity index (χ2n) is 5.98. The SMILES string of the molecule is CCCNC(c1cccc2c1OCCC2)C(C)(C)OC. The van der Waals surface area contributed by atoms with Crippen molar-refractivity contribution in [2.24, 2.45) is 0 Å². The number of fused-ring (bicyclic) bond motifs is 1. The third-order valence-electron chi connectivity index (χ3n) is 4.09. The fourth-order valence-electron chi connectivity index (χ4n) is 2.78. The molecule has 1 unspecified atom stereocenters. The van der Waals surface area contributed by atoms with E-state index >= 15 is 0 Å². The van der Waals surface area contributed by atoms with Gasteiger partial charge in [0.05, 0.1) is 18.2 Å². The van der Waals surface area contributed by atoms with Gasteiger partial charge in [0.2, 0.25) is 0 Å². The molecule has 112 valence electrons. The normalized spacial score (nSPS) is 16.4. The van der Waals surface area contributed by atoms with E-state index in [1.165, 1.54) is 11.1 Å². The first-order chi connectivity index (χ1) is 9.60. The molecule has 1 aliphatic rings. The summed E-state index contributed by atoms with van der Waals surface area (Å²) in [4.78, 5) is 0. The summed E-state index contributed by atoms with van der Waals surface area (Å²) in [5, 5.41) is 3.62. The minimum absolute atomic E-state index is 0.139. The minimum Gasteiger partial charge on any atom is -0.493 e. The molecule has 1 atom stereocenters. The Balaban J connectivity index is 2.38. The van der Waals surface area contributed by atoms with E-state index in [1.807, 2.05) is 0 Å². The van der Waals surface area contributed by atoms with E-state index in [9.17, 15) is 0 Å². The van der Waals surface area contributed by atoms with Crippen LogP contribution >= 0.6 is 0 Å². The Hall–Kier alpha value is -1.06. The molecule has 3 nitrogen and oxygen atoms in total. The second kappa shape index (κ2) is 6.59. The second-order valence-corrected chi connectivity index (χ2v) is 5.98. The number of rotatable bonds is 6. The van der Waals surface area contributed by atoms with Crippen LogP contribution in [-0.2, 0) is 11.2 Å². The van der Waals surface area contributed by atoms with Crippen LogP contribution in [0.15, 0.2) is 18.2 Å². The number of hydrogen-bond acceptors (Lipinski definition) is 3. The predicted molar refractivity (Wildman–Crippen MR) is 82.4 cm³/mol. The zero-order chi connectivity index (χ0) is 14.6. The van der Waals surface area contributed by atoms with E-state index in [0.717, 1.165) is 38.2 Å². The van der Waals surface area contributed by atoms with Gasteiger partial charge < -0.3 is 14.8 Å². The van der Waals surface area contributed by atoms with E-state index in [2.05, 4.69) is 44.3 Å². The molecule has 1 aliphatic heterocycles. The van der Waals surface area contributed by atoms with Crippen LogP contribution < -0.4 is 10.1 Å². The van der Waals surface area contributed by atoms with E-state index in [-0.39, 0.29) is 11.6 Å². The molecule has 0 aliphatic carbocycles. The maximum absolute atomic E-state index is 5.96. The van der Waals surface area contributed by atoms with Crippen LogP contribution in [0.5, 0.6) is 5.75 Å². The van der Waals surface area contributed by atoms with Gasteiger partial charge in [-0.3, -0.25) is 0 Å². The van der Waals surface area contributed by atoms with Gasteiger partial charge >= 0.3 is 0 Å². The van der Waals surface area contributed by atoms with Crippen LogP contribution in [0.2, 0.25) is 0 Å². The molecule has 0 aromatic heterocycles. The number of methoxy groups -OCH3 is 1. The van der Waals surface area contributed by atoms with Crippen molar-refractivity contribution in [2.45, 2.75) is 51.7 Å². The largest absolute Gasteiger partial charge is 0.493 e. The summed E-state index contributed by atoms with van der Waals surface area (Å²) in [7, 11) is 1.77. The number of ether oxygens (including phenoxy) is 2. The number of hydrogen-bond donors (Lipinski definition) is 1. The Labute approximate surface area is 122 Å². The van der Waals surface area contributed by atoms with Crippen molar-refractivity contribution in [2.75, 3.05) is 20.3 Å². The first-order valence-electron chi connectivity index (χ1n) is 7.63. The highest BCUT2D eigenvalue weighted by atomic mass is 16.5. The van der Waals surface area contributed by atoms with E-state index in [1.54, 1.807) is 7.11 Å². The van der Waals surface area contributed by atoms with Crippen LogP contribution in [0, 0.1) is 0 Å². The Morgan fingerprint density at radius 2 is 2.20 bits per heavy atom. The first kappa shape index (κ1) is 15.3. The van der Waals surface area contributed by atoms with Crippen LogP contribution in [0.3, 0.4) is 0 Å². The lowest BCUT2D eigenvalue weighted by Crippen LogP contribution is -2.41. The highest BCUT2D eigenvalue weighted by Gasteiger charge is 2.33. The van der Waals surface area contributed by atoms with Gasteiger partial charge in [-0.1, -0.05) is 25.1 Å². The van der Waals surface area contributed by atoms with Crippen molar-refractivity contribution in [3.63, 3.8) is 0 Å². The smallest absolute Gasteiger partial charge is 0.127 e. The van der Waals surface area contributed by atoms with Crippen molar-refractivity contribution < 1.29 is 9.47 Å². The fraction of sp³-hybridized carbons (Fsp3) is 0.647. The highest BCUT2D eigenvalue weighted by Crippen LogP contribution is 2.38. The van der Waals surface area contributed by atoms with Crippen LogP contribution in [0.4, 0.5) is 0 Å². The molecule has 2 rings (SSSR count). The molecular weight excluding hydrogens is 250 g/mol. The lowest BCUT2D eigenvalue weighted by Gasteiger charge is -2.36. The molecule has 20 heavy (non-hydrogen) atoms. The minimum atomic E-state index is -0.273. The topological polar surface area (TPSA) is 30.5 Å². The molecule has 1 aromatic carbocycles. The number of para-hydroxylation sites is 1. The number of aryl methyl sites for hydroxylation is 1. The molecule has 0 fully saturated rings. The van der Waals surface area contributed by atoms with Crippen LogP contribution in [0.25, 0.3) is 0 Å². The molecule has 1 heterocycles. The lowest BCUT2D eigenvalue weighted by molar-refractivity contribution is -0.0119. The molecule has 0 saturated carbocycles. The Bertz CT molecular complexity index is 443. The quantitative estimate of drug-likeness (QED) is 0.863. The zero-order valence-corrected chi connectivity index (χ0v) is 13.2. The number of benzene rings is 1. The van der Waals surface area contributed by atoms with Crippen molar-refractivity contribution in [3.8, 4) is 5.75 Å². The Morgan fingerprint density at radius 1 is 1.40 bits per heavy atom. The molecule has 0 saturated heterocycles.